The van der Waals surface area contributed by atoms with Crippen molar-refractivity contribution in [1.82, 2.24) is 5.32 Å². The van der Waals surface area contributed by atoms with E-state index in [1.54, 1.807) is 0 Å². The normalized spacial score (nSPS) is 12.0. The van der Waals surface area contributed by atoms with E-state index in [9.17, 15) is 9.59 Å². The number of nitrogens with one attached hydrogen (secondary N) is 1. The number of esters is 1. The van der Waals surface area contributed by atoms with E-state index in [0.717, 1.165) is 25.7 Å². The van der Waals surface area contributed by atoms with E-state index < -0.39 is 12.1 Å². The zero-order chi connectivity index (χ0) is 22.5. The molecule has 0 rings (SSSR count). The predicted molar refractivity (Wildman–Crippen MR) is 125 cm³/mol. The molecule has 0 aromatic carbocycles. The summed E-state index contributed by atoms with van der Waals surface area (Å²) in [5.74, 6) is -0.403. The maximum absolute atomic E-state index is 12.3. The van der Waals surface area contributed by atoms with Gasteiger partial charge in [0, 0.05) is 0 Å². The largest absolute Gasteiger partial charge is 0.464 e. The summed E-state index contributed by atoms with van der Waals surface area (Å²) in [5, 5.41) is 2.64. The van der Waals surface area contributed by atoms with Gasteiger partial charge in [-0.25, -0.2) is 9.59 Å². The van der Waals surface area contributed by atoms with Gasteiger partial charge < -0.3 is 14.8 Å². The molecule has 0 aromatic rings. The summed E-state index contributed by atoms with van der Waals surface area (Å²) < 4.78 is 10.5. The maximum atomic E-state index is 12.3. The van der Waals surface area contributed by atoms with Crippen LogP contribution in [0, 0.1) is 5.92 Å². The lowest BCUT2D eigenvalue weighted by Crippen LogP contribution is -2.45. The summed E-state index contributed by atoms with van der Waals surface area (Å²) in [6.07, 6.45) is 18.0. The van der Waals surface area contributed by atoms with Gasteiger partial charge in [0.25, 0.3) is 0 Å². The van der Waals surface area contributed by atoms with E-state index in [-0.39, 0.29) is 11.9 Å². The first kappa shape index (κ1) is 28.7. The number of rotatable bonds is 20. The van der Waals surface area contributed by atoms with Crippen molar-refractivity contribution in [1.29, 1.82) is 0 Å². The molecule has 0 fully saturated rings. The third-order valence-corrected chi connectivity index (χ3v) is 5.42. The average molecular weight is 428 g/mol. The van der Waals surface area contributed by atoms with Gasteiger partial charge in [0.15, 0.2) is 0 Å². The average Bonchev–Trinajstić information content (AvgIpc) is 2.72. The molecule has 1 atom stereocenters. The van der Waals surface area contributed by atoms with Crippen LogP contribution in [0.4, 0.5) is 4.79 Å². The second kappa shape index (κ2) is 21.0. The highest BCUT2D eigenvalue weighted by Gasteiger charge is 2.26. The lowest BCUT2D eigenvalue weighted by Gasteiger charge is -2.20. The van der Waals surface area contributed by atoms with Crippen LogP contribution < -0.4 is 5.32 Å². The fourth-order valence-electron chi connectivity index (χ4n) is 3.36. The molecule has 5 nitrogen and oxygen atoms in total. The van der Waals surface area contributed by atoms with Crippen LogP contribution in [0.15, 0.2) is 0 Å². The van der Waals surface area contributed by atoms with Crippen molar-refractivity contribution < 1.29 is 19.1 Å². The van der Waals surface area contributed by atoms with Gasteiger partial charge in [-0.2, -0.15) is 0 Å². The van der Waals surface area contributed by atoms with Gasteiger partial charge in [0.05, 0.1) is 13.2 Å². The number of ether oxygens (including phenoxy) is 2. The fourth-order valence-corrected chi connectivity index (χ4v) is 3.36. The summed E-state index contributed by atoms with van der Waals surface area (Å²) >= 11 is 0. The number of hydrogen-bond acceptors (Lipinski definition) is 4. The Bertz CT molecular complexity index is 412. The molecule has 0 aliphatic rings. The van der Waals surface area contributed by atoms with E-state index in [2.05, 4.69) is 12.2 Å². The van der Waals surface area contributed by atoms with E-state index >= 15 is 0 Å². The minimum atomic E-state index is -0.652. The van der Waals surface area contributed by atoms with Crippen LogP contribution >= 0.6 is 0 Å². The Morgan fingerprint density at radius 2 is 1.07 bits per heavy atom. The minimum absolute atomic E-state index is 0.0390. The zero-order valence-corrected chi connectivity index (χ0v) is 20.3. The van der Waals surface area contributed by atoms with Gasteiger partial charge in [-0.15, -0.1) is 0 Å². The molecule has 0 bridgehead atoms. The molecule has 0 aliphatic heterocycles. The quantitative estimate of drug-likeness (QED) is 0.165. The van der Waals surface area contributed by atoms with Crippen molar-refractivity contribution in [3.63, 3.8) is 0 Å². The highest BCUT2D eigenvalue weighted by atomic mass is 16.6. The summed E-state index contributed by atoms with van der Waals surface area (Å²) in [6.45, 7) is 8.88. The number of carbonyl (C=O) groups excluding carboxylic acids is 2. The van der Waals surface area contributed by atoms with E-state index in [1.807, 2.05) is 20.8 Å². The molecular formula is C25H49NO4. The Labute approximate surface area is 186 Å². The van der Waals surface area contributed by atoms with Crippen LogP contribution in [0.25, 0.3) is 0 Å². The topological polar surface area (TPSA) is 64.6 Å². The summed E-state index contributed by atoms with van der Waals surface area (Å²) in [6, 6.07) is -0.652. The van der Waals surface area contributed by atoms with Crippen molar-refractivity contribution in [3.8, 4) is 0 Å². The molecule has 178 valence electrons. The molecule has 0 spiro atoms. The van der Waals surface area contributed by atoms with E-state index in [0.29, 0.717) is 13.2 Å². The van der Waals surface area contributed by atoms with Gasteiger partial charge in [0.1, 0.15) is 6.04 Å². The minimum Gasteiger partial charge on any atom is -0.464 e. The first-order chi connectivity index (χ1) is 14.5. The van der Waals surface area contributed by atoms with Crippen LogP contribution in [0.5, 0.6) is 0 Å². The first-order valence-corrected chi connectivity index (χ1v) is 12.6. The molecule has 0 aromatic heterocycles. The Hall–Kier alpha value is -1.26. The van der Waals surface area contributed by atoms with Crippen LogP contribution in [-0.4, -0.2) is 31.3 Å². The number of unbranched alkanes of at least 4 members (excludes halogenated alkanes) is 13. The van der Waals surface area contributed by atoms with Gasteiger partial charge in [-0.3, -0.25) is 0 Å². The van der Waals surface area contributed by atoms with Crippen molar-refractivity contribution in [2.45, 2.75) is 130 Å². The third kappa shape index (κ3) is 17.6. The van der Waals surface area contributed by atoms with Gasteiger partial charge in [-0.1, -0.05) is 111 Å². The fraction of sp³-hybridized carbons (Fsp3) is 0.920. The second-order valence-electron chi connectivity index (χ2n) is 8.77. The molecule has 1 amide bonds. The standard InChI is InChI=1S/C25H49NO4/c1-5-7-9-10-11-12-13-14-15-16-17-18-19-21-29-24(27)23(22(3)4)26-25(28)30-20-8-6-2/h22-23H,5-21H2,1-4H3,(H,26,28)/t23-/m0/s1. The summed E-state index contributed by atoms with van der Waals surface area (Å²) in [5.41, 5.74) is 0. The third-order valence-electron chi connectivity index (χ3n) is 5.42. The van der Waals surface area contributed by atoms with Crippen molar-refractivity contribution in [2.24, 2.45) is 5.92 Å². The monoisotopic (exact) mass is 427 g/mol. The second-order valence-corrected chi connectivity index (χ2v) is 8.77. The van der Waals surface area contributed by atoms with Gasteiger partial charge in [0.2, 0.25) is 0 Å². The summed E-state index contributed by atoms with van der Waals surface area (Å²) in [4.78, 5) is 24.1. The van der Waals surface area contributed by atoms with Crippen LogP contribution in [0.3, 0.4) is 0 Å². The number of alkyl carbamates (subject to hydrolysis) is 1. The molecule has 5 heteroatoms. The number of carbonyl (C=O) groups is 2. The highest BCUT2D eigenvalue weighted by molar-refractivity contribution is 5.81. The van der Waals surface area contributed by atoms with Crippen LogP contribution in [0.2, 0.25) is 0 Å². The molecule has 1 N–H and O–H groups in total. The Morgan fingerprint density at radius 3 is 1.53 bits per heavy atom. The smallest absolute Gasteiger partial charge is 0.407 e. The van der Waals surface area contributed by atoms with Crippen LogP contribution in [-0.2, 0) is 14.3 Å². The van der Waals surface area contributed by atoms with Crippen LogP contribution in [0.1, 0.15) is 124 Å². The maximum Gasteiger partial charge on any atom is 0.407 e. The molecular weight excluding hydrogens is 378 g/mol. The molecule has 30 heavy (non-hydrogen) atoms. The number of hydrogen-bond donors (Lipinski definition) is 1. The lowest BCUT2D eigenvalue weighted by atomic mass is 10.0. The van der Waals surface area contributed by atoms with E-state index in [1.165, 1.54) is 70.6 Å². The Morgan fingerprint density at radius 1 is 0.633 bits per heavy atom. The predicted octanol–water partition coefficient (Wildman–Crippen LogP) is 7.17. The van der Waals surface area contributed by atoms with Gasteiger partial charge >= 0.3 is 12.1 Å². The SMILES string of the molecule is CCCCCCCCCCCCCCCOC(=O)[C@@H](NC(=O)OCCCC)C(C)C. The molecule has 0 unspecified atom stereocenters. The molecule has 0 heterocycles. The molecule has 0 radical (unpaired) electrons. The van der Waals surface area contributed by atoms with Crippen molar-refractivity contribution in [2.75, 3.05) is 13.2 Å². The first-order valence-electron chi connectivity index (χ1n) is 12.6. The molecule has 0 saturated heterocycles. The van der Waals surface area contributed by atoms with Crippen molar-refractivity contribution in [3.05, 3.63) is 0 Å². The van der Waals surface area contributed by atoms with E-state index in [4.69, 9.17) is 9.47 Å². The highest BCUT2D eigenvalue weighted by Crippen LogP contribution is 2.13. The Balaban J connectivity index is 3.66. The lowest BCUT2D eigenvalue weighted by molar-refractivity contribution is -0.147. The zero-order valence-electron chi connectivity index (χ0n) is 20.3. The van der Waals surface area contributed by atoms with Gasteiger partial charge in [-0.05, 0) is 18.8 Å². The van der Waals surface area contributed by atoms with Crippen molar-refractivity contribution >= 4 is 12.1 Å². The Kier molecular flexibility index (Phi) is 20.1. The molecule has 0 saturated carbocycles. The summed E-state index contributed by atoms with van der Waals surface area (Å²) in [7, 11) is 0. The number of amides is 1. The molecule has 0 aliphatic carbocycles.